The van der Waals surface area contributed by atoms with Gasteiger partial charge in [-0.3, -0.25) is 0 Å². The predicted molar refractivity (Wildman–Crippen MR) is 173 cm³/mol. The van der Waals surface area contributed by atoms with Gasteiger partial charge in [-0.15, -0.1) is 0 Å². The number of hydrogen-bond donors (Lipinski definition) is 0. The molecule has 4 heteroatoms. The smallest absolute Gasteiger partial charge is 0.142 e. The maximum atomic E-state index is 7.41. The van der Waals surface area contributed by atoms with E-state index in [4.69, 9.17) is 23.2 Å². The maximum Gasteiger partial charge on any atom is 0.142 e. The Labute approximate surface area is 254 Å². The monoisotopic (exact) mass is 582 g/mol. The lowest BCUT2D eigenvalue weighted by molar-refractivity contribution is -0.0218. The second kappa shape index (κ2) is 16.0. The fourth-order valence-corrected chi connectivity index (χ4v) is 10.6. The van der Waals surface area contributed by atoms with Crippen LogP contribution in [0.25, 0.3) is 0 Å². The highest BCUT2D eigenvalue weighted by Gasteiger charge is 2.50. The lowest BCUT2D eigenvalue weighted by Crippen LogP contribution is -2.54. The third-order valence-electron chi connectivity index (χ3n) is 12.2. The summed E-state index contributed by atoms with van der Waals surface area (Å²) in [5.74, 6) is 5.95. The Bertz CT molecular complexity index is 637. The third-order valence-corrected chi connectivity index (χ3v) is 13.1. The summed E-state index contributed by atoms with van der Waals surface area (Å²) in [5, 5.41) is 1.74. The number of nitrogens with zero attached hydrogens (tertiary/aromatic N) is 2. The fourth-order valence-electron chi connectivity index (χ4n) is 10.0. The molecule has 0 spiro atoms. The van der Waals surface area contributed by atoms with Crippen LogP contribution in [0.2, 0.25) is 0 Å². The molecule has 0 aromatic carbocycles. The van der Waals surface area contributed by atoms with Crippen molar-refractivity contribution in [1.29, 1.82) is 0 Å². The lowest BCUT2D eigenvalue weighted by atomic mass is 9.64. The van der Waals surface area contributed by atoms with Crippen LogP contribution in [-0.2, 0) is 0 Å². The van der Waals surface area contributed by atoms with Crippen LogP contribution in [0.5, 0.6) is 0 Å². The van der Waals surface area contributed by atoms with Crippen molar-refractivity contribution < 1.29 is 0 Å². The summed E-state index contributed by atoms with van der Waals surface area (Å²) in [6.07, 6.45) is 18.3. The molecule has 0 saturated heterocycles. The van der Waals surface area contributed by atoms with Gasteiger partial charge in [-0.05, 0) is 73.0 Å². The van der Waals surface area contributed by atoms with Crippen LogP contribution in [0.1, 0.15) is 145 Å². The van der Waals surface area contributed by atoms with E-state index in [1.54, 1.807) is 0 Å². The van der Waals surface area contributed by atoms with Crippen molar-refractivity contribution >= 4 is 23.2 Å². The quantitative estimate of drug-likeness (QED) is 0.188. The SMILES string of the molecule is CCC(CC)C1CCCC(C(CC)CC)C1N1CN(C2C(C(CC)CC)CCCC2C(CC)CC)C(Cl)=C1Cl. The average Bonchev–Trinajstić information content (AvgIpc) is 3.25. The van der Waals surface area contributed by atoms with Crippen molar-refractivity contribution in [3.8, 4) is 0 Å². The van der Waals surface area contributed by atoms with Crippen molar-refractivity contribution in [2.45, 2.75) is 157 Å². The molecule has 2 nitrogen and oxygen atoms in total. The molecular weight excluding hydrogens is 519 g/mol. The summed E-state index contributed by atoms with van der Waals surface area (Å²) in [6.45, 7) is 20.2. The molecule has 4 atom stereocenters. The molecule has 228 valence electrons. The van der Waals surface area contributed by atoms with Gasteiger partial charge in [-0.25, -0.2) is 0 Å². The molecule has 1 aliphatic heterocycles. The Hall–Kier alpha value is -0.0800. The molecule has 2 saturated carbocycles. The fraction of sp³-hybridized carbons (Fsp3) is 0.943. The van der Waals surface area contributed by atoms with Gasteiger partial charge in [0.2, 0.25) is 0 Å². The number of rotatable bonds is 14. The largest absolute Gasteiger partial charge is 0.339 e. The van der Waals surface area contributed by atoms with Crippen LogP contribution in [0.15, 0.2) is 10.3 Å². The van der Waals surface area contributed by atoms with E-state index in [2.05, 4.69) is 65.2 Å². The van der Waals surface area contributed by atoms with Gasteiger partial charge in [0.05, 0.1) is 6.67 Å². The van der Waals surface area contributed by atoms with Gasteiger partial charge in [0, 0.05) is 12.1 Å². The zero-order valence-electron chi connectivity index (χ0n) is 27.0. The molecule has 0 aromatic heterocycles. The van der Waals surface area contributed by atoms with Crippen LogP contribution >= 0.6 is 23.2 Å². The van der Waals surface area contributed by atoms with Crippen LogP contribution in [0.3, 0.4) is 0 Å². The molecule has 0 N–H and O–H groups in total. The molecule has 2 aliphatic carbocycles. The second-order valence-electron chi connectivity index (χ2n) is 13.5. The normalized spacial score (nSPS) is 30.6. The third kappa shape index (κ3) is 6.95. The van der Waals surface area contributed by atoms with E-state index in [9.17, 15) is 0 Å². The minimum absolute atomic E-state index is 0.515. The molecule has 39 heavy (non-hydrogen) atoms. The van der Waals surface area contributed by atoms with E-state index in [0.29, 0.717) is 35.8 Å². The highest BCUT2D eigenvalue weighted by Crippen LogP contribution is 2.51. The van der Waals surface area contributed by atoms with Crippen LogP contribution in [-0.4, -0.2) is 28.6 Å². The summed E-state index contributed by atoms with van der Waals surface area (Å²) in [6, 6.07) is 1.03. The van der Waals surface area contributed by atoms with Crippen molar-refractivity contribution in [3.05, 3.63) is 10.3 Å². The Kier molecular flexibility index (Phi) is 13.7. The predicted octanol–water partition coefficient (Wildman–Crippen LogP) is 11.5. The molecule has 3 rings (SSSR count). The van der Waals surface area contributed by atoms with Gasteiger partial charge in [-0.2, -0.15) is 0 Å². The van der Waals surface area contributed by atoms with Gasteiger partial charge >= 0.3 is 0 Å². The van der Waals surface area contributed by atoms with Crippen molar-refractivity contribution in [1.82, 2.24) is 9.80 Å². The maximum absolute atomic E-state index is 7.41. The Morgan fingerprint density at radius 3 is 0.923 bits per heavy atom. The topological polar surface area (TPSA) is 6.48 Å². The van der Waals surface area contributed by atoms with Crippen molar-refractivity contribution in [3.63, 3.8) is 0 Å². The highest BCUT2D eigenvalue weighted by molar-refractivity contribution is 6.39. The molecular formula is C35H64Cl2N2. The Morgan fingerprint density at radius 1 is 0.487 bits per heavy atom. The van der Waals surface area contributed by atoms with Crippen LogP contribution in [0, 0.1) is 47.3 Å². The van der Waals surface area contributed by atoms with E-state index < -0.39 is 0 Å². The molecule has 3 aliphatic rings. The average molecular weight is 584 g/mol. The van der Waals surface area contributed by atoms with E-state index >= 15 is 0 Å². The standard InChI is InChI=1S/C35H64Cl2N2/c1-9-24(10-2)28-19-17-20-29(25(11-3)12-4)32(28)38-23-39(35(37)34(38)36)33-30(26(13-5)14-6)21-18-22-31(33)27(15-7)16-8/h24-33H,9-23H2,1-8H3. The molecule has 1 heterocycles. The van der Waals surface area contributed by atoms with Crippen molar-refractivity contribution in [2.75, 3.05) is 6.67 Å². The molecule has 0 aromatic rings. The summed E-state index contributed by atoms with van der Waals surface area (Å²) >= 11 is 14.8. The second-order valence-corrected chi connectivity index (χ2v) is 14.2. The molecule has 0 radical (unpaired) electrons. The van der Waals surface area contributed by atoms with Crippen molar-refractivity contribution in [2.24, 2.45) is 47.3 Å². The van der Waals surface area contributed by atoms with Gasteiger partial charge < -0.3 is 9.80 Å². The first-order valence-corrected chi connectivity index (χ1v) is 18.2. The number of hydrogen-bond acceptors (Lipinski definition) is 2. The van der Waals surface area contributed by atoms with E-state index in [1.165, 1.54) is 89.9 Å². The summed E-state index contributed by atoms with van der Waals surface area (Å²) in [4.78, 5) is 5.30. The minimum Gasteiger partial charge on any atom is -0.339 e. The summed E-state index contributed by atoms with van der Waals surface area (Å²) in [7, 11) is 0. The molecule has 2 fully saturated rings. The van der Waals surface area contributed by atoms with Gasteiger partial charge in [0.15, 0.2) is 0 Å². The lowest BCUT2D eigenvalue weighted by Gasteiger charge is -2.52. The summed E-state index contributed by atoms with van der Waals surface area (Å²) in [5.41, 5.74) is 0. The molecule has 0 bridgehead atoms. The molecule has 4 unspecified atom stereocenters. The highest BCUT2D eigenvalue weighted by atomic mass is 35.5. The van der Waals surface area contributed by atoms with E-state index in [0.717, 1.165) is 40.7 Å². The number of halogens is 2. The van der Waals surface area contributed by atoms with Gasteiger partial charge in [0.25, 0.3) is 0 Å². The molecule has 0 amide bonds. The van der Waals surface area contributed by atoms with Gasteiger partial charge in [-0.1, -0.05) is 143 Å². The van der Waals surface area contributed by atoms with E-state index in [-0.39, 0.29) is 0 Å². The Balaban J connectivity index is 2.05. The first-order valence-electron chi connectivity index (χ1n) is 17.4. The van der Waals surface area contributed by atoms with Crippen LogP contribution in [0.4, 0.5) is 0 Å². The Morgan fingerprint density at radius 2 is 0.718 bits per heavy atom. The summed E-state index contributed by atoms with van der Waals surface area (Å²) < 4.78 is 0. The zero-order chi connectivity index (χ0) is 28.7. The first-order chi connectivity index (χ1) is 18.9. The van der Waals surface area contributed by atoms with Gasteiger partial charge in [0.1, 0.15) is 10.3 Å². The minimum atomic E-state index is 0.515. The first kappa shape index (κ1) is 33.4. The zero-order valence-corrected chi connectivity index (χ0v) is 28.5. The van der Waals surface area contributed by atoms with Crippen LogP contribution < -0.4 is 0 Å². The van der Waals surface area contributed by atoms with E-state index in [1.807, 2.05) is 0 Å².